The van der Waals surface area contributed by atoms with Crippen LogP contribution in [0.5, 0.6) is 0 Å². The van der Waals surface area contributed by atoms with E-state index >= 15 is 0 Å². The first kappa shape index (κ1) is 17.2. The topological polar surface area (TPSA) is 98.7 Å². The zero-order valence-corrected chi connectivity index (χ0v) is 13.2. The second-order valence-electron chi connectivity index (χ2n) is 7.23. The molecular formula is C16H28N2O4. The van der Waals surface area contributed by atoms with Crippen molar-refractivity contribution in [2.45, 2.75) is 51.4 Å². The van der Waals surface area contributed by atoms with Crippen molar-refractivity contribution < 1.29 is 19.8 Å². The van der Waals surface area contributed by atoms with Gasteiger partial charge in [-0.25, -0.2) is 9.59 Å². The predicted molar refractivity (Wildman–Crippen MR) is 82.8 cm³/mol. The largest absolute Gasteiger partial charge is 0.473 e. The quantitative estimate of drug-likeness (QED) is 0.505. The number of rotatable bonds is 0. The lowest BCUT2D eigenvalue weighted by Crippen LogP contribution is -2.51. The third-order valence-corrected chi connectivity index (χ3v) is 5.51. The molecule has 0 aromatic rings. The fourth-order valence-corrected chi connectivity index (χ4v) is 3.91. The van der Waals surface area contributed by atoms with Crippen molar-refractivity contribution in [3.63, 3.8) is 0 Å². The molecular weight excluding hydrogens is 284 g/mol. The predicted octanol–water partition coefficient (Wildman–Crippen LogP) is 1.46. The molecule has 0 aromatic carbocycles. The van der Waals surface area contributed by atoms with Crippen molar-refractivity contribution in [2.24, 2.45) is 10.8 Å². The molecule has 0 aromatic heterocycles. The Morgan fingerprint density at radius 3 is 1.00 bits per heavy atom. The van der Waals surface area contributed by atoms with Crippen molar-refractivity contribution in [2.75, 3.05) is 26.2 Å². The van der Waals surface area contributed by atoms with Crippen LogP contribution in [-0.4, -0.2) is 48.3 Å². The van der Waals surface area contributed by atoms with Crippen LogP contribution >= 0.6 is 0 Å². The van der Waals surface area contributed by atoms with Gasteiger partial charge in [0.15, 0.2) is 0 Å². The lowest BCUT2D eigenvalue weighted by atomic mass is 9.80. The summed E-state index contributed by atoms with van der Waals surface area (Å²) in [5.41, 5.74) is 1.61. The fraction of sp³-hybridized carbons (Fsp3) is 0.875. The van der Waals surface area contributed by atoms with Gasteiger partial charge in [-0.3, -0.25) is 0 Å². The molecule has 0 amide bonds. The number of carboxylic acid groups (broad SMARTS) is 2. The number of nitrogens with one attached hydrogen (secondary N) is 2. The maximum atomic E-state index is 9.10. The third kappa shape index (κ3) is 4.43. The minimum atomic E-state index is -1.82. The molecule has 2 aliphatic heterocycles. The van der Waals surface area contributed by atoms with Gasteiger partial charge < -0.3 is 20.8 Å². The van der Waals surface area contributed by atoms with E-state index in [2.05, 4.69) is 10.6 Å². The van der Waals surface area contributed by atoms with Gasteiger partial charge in [-0.1, -0.05) is 25.7 Å². The molecule has 0 unspecified atom stereocenters. The molecule has 6 nitrogen and oxygen atoms in total. The highest BCUT2D eigenvalue weighted by Gasteiger charge is 2.39. The zero-order chi connectivity index (χ0) is 16.1. The van der Waals surface area contributed by atoms with E-state index in [-0.39, 0.29) is 0 Å². The summed E-state index contributed by atoms with van der Waals surface area (Å²) >= 11 is 0. The molecule has 2 saturated heterocycles. The number of aliphatic carboxylic acids is 2. The number of hydrogen-bond acceptors (Lipinski definition) is 4. The Balaban J connectivity index is 0.000000123. The van der Waals surface area contributed by atoms with Crippen molar-refractivity contribution in [3.05, 3.63) is 0 Å². The molecule has 0 atom stereocenters. The first-order chi connectivity index (χ1) is 10.5. The summed E-state index contributed by atoms with van der Waals surface area (Å²) in [6.45, 7) is 5.25. The Kier molecular flexibility index (Phi) is 5.81. The molecule has 2 spiro atoms. The number of hydrogen-bond donors (Lipinski definition) is 4. The van der Waals surface area contributed by atoms with Gasteiger partial charge in [0.05, 0.1) is 0 Å². The summed E-state index contributed by atoms with van der Waals surface area (Å²) in [6.07, 6.45) is 12.0. The van der Waals surface area contributed by atoms with Gasteiger partial charge in [0.1, 0.15) is 0 Å². The molecule has 0 bridgehead atoms. The summed E-state index contributed by atoms with van der Waals surface area (Å²) in [6, 6.07) is 0. The van der Waals surface area contributed by atoms with Crippen LogP contribution in [-0.2, 0) is 9.59 Å². The average Bonchev–Trinajstić information content (AvgIpc) is 3.08. The Morgan fingerprint density at radius 2 is 0.909 bits per heavy atom. The molecule has 4 fully saturated rings. The van der Waals surface area contributed by atoms with E-state index < -0.39 is 11.9 Å². The molecule has 126 valence electrons. The highest BCUT2D eigenvalue weighted by molar-refractivity contribution is 6.27. The van der Waals surface area contributed by atoms with E-state index in [1.807, 2.05) is 0 Å². The van der Waals surface area contributed by atoms with E-state index in [0.717, 1.165) is 10.8 Å². The second kappa shape index (κ2) is 7.42. The Hall–Kier alpha value is -1.14. The highest BCUT2D eigenvalue weighted by atomic mass is 16.4. The Bertz CT molecular complexity index is 349. The standard InChI is InChI=1S/2C7H13N.C2H2O4/c2*1-2-4-7(3-1)5-8-6-7;3-1(4)2(5)6/h2*8H,1-6H2;(H,3,4)(H,5,6). The van der Waals surface area contributed by atoms with Crippen LogP contribution in [0.1, 0.15) is 51.4 Å². The highest BCUT2D eigenvalue weighted by Crippen LogP contribution is 2.41. The van der Waals surface area contributed by atoms with E-state index in [9.17, 15) is 0 Å². The molecule has 2 aliphatic carbocycles. The molecule has 4 N–H and O–H groups in total. The van der Waals surface area contributed by atoms with Gasteiger partial charge >= 0.3 is 11.9 Å². The van der Waals surface area contributed by atoms with E-state index in [1.54, 1.807) is 0 Å². The third-order valence-electron chi connectivity index (χ3n) is 5.51. The first-order valence-electron chi connectivity index (χ1n) is 8.35. The maximum absolute atomic E-state index is 9.10. The van der Waals surface area contributed by atoms with Crippen molar-refractivity contribution >= 4 is 11.9 Å². The number of carboxylic acids is 2. The van der Waals surface area contributed by atoms with Crippen LogP contribution in [0.4, 0.5) is 0 Å². The van der Waals surface area contributed by atoms with Crippen LogP contribution in [0.3, 0.4) is 0 Å². The van der Waals surface area contributed by atoms with E-state index in [0.29, 0.717) is 0 Å². The SMILES string of the molecule is C1CCC2(C1)CNC2.C1CCC2(C1)CNC2.O=C(O)C(=O)O. The smallest absolute Gasteiger partial charge is 0.414 e. The zero-order valence-electron chi connectivity index (χ0n) is 13.2. The van der Waals surface area contributed by atoms with Crippen LogP contribution < -0.4 is 10.6 Å². The Labute approximate surface area is 131 Å². The molecule has 2 heterocycles. The first-order valence-corrected chi connectivity index (χ1v) is 8.35. The van der Waals surface area contributed by atoms with Crippen molar-refractivity contribution in [1.82, 2.24) is 10.6 Å². The summed E-state index contributed by atoms with van der Waals surface area (Å²) < 4.78 is 0. The fourth-order valence-electron chi connectivity index (χ4n) is 3.91. The lowest BCUT2D eigenvalue weighted by molar-refractivity contribution is -0.159. The molecule has 2 saturated carbocycles. The lowest BCUT2D eigenvalue weighted by Gasteiger charge is -2.39. The van der Waals surface area contributed by atoms with Crippen LogP contribution in [0.2, 0.25) is 0 Å². The monoisotopic (exact) mass is 312 g/mol. The molecule has 22 heavy (non-hydrogen) atoms. The summed E-state index contributed by atoms with van der Waals surface area (Å²) in [5.74, 6) is -3.65. The van der Waals surface area contributed by atoms with Gasteiger partial charge in [0.2, 0.25) is 0 Å². The van der Waals surface area contributed by atoms with E-state index in [1.165, 1.54) is 77.5 Å². The van der Waals surface area contributed by atoms with Crippen molar-refractivity contribution in [3.8, 4) is 0 Å². The van der Waals surface area contributed by atoms with E-state index in [4.69, 9.17) is 19.8 Å². The second-order valence-corrected chi connectivity index (χ2v) is 7.23. The maximum Gasteiger partial charge on any atom is 0.414 e. The van der Waals surface area contributed by atoms with Gasteiger partial charge in [-0.2, -0.15) is 0 Å². The van der Waals surface area contributed by atoms with Gasteiger partial charge in [-0.15, -0.1) is 0 Å². The van der Waals surface area contributed by atoms with Crippen LogP contribution in [0.25, 0.3) is 0 Å². The molecule has 0 radical (unpaired) electrons. The van der Waals surface area contributed by atoms with Gasteiger partial charge in [0, 0.05) is 26.2 Å². The van der Waals surface area contributed by atoms with Crippen molar-refractivity contribution in [1.29, 1.82) is 0 Å². The molecule has 4 aliphatic rings. The van der Waals surface area contributed by atoms with Gasteiger partial charge in [-0.05, 0) is 36.5 Å². The summed E-state index contributed by atoms with van der Waals surface area (Å²) in [7, 11) is 0. The summed E-state index contributed by atoms with van der Waals surface area (Å²) in [4.78, 5) is 18.2. The normalized spacial score (nSPS) is 26.0. The summed E-state index contributed by atoms with van der Waals surface area (Å²) in [5, 5.41) is 21.5. The minimum absolute atomic E-state index is 0.806. The Morgan fingerprint density at radius 1 is 0.636 bits per heavy atom. The van der Waals surface area contributed by atoms with Crippen LogP contribution in [0, 0.1) is 10.8 Å². The number of carbonyl (C=O) groups is 2. The molecule has 6 heteroatoms. The van der Waals surface area contributed by atoms with Crippen LogP contribution in [0.15, 0.2) is 0 Å². The average molecular weight is 312 g/mol. The van der Waals surface area contributed by atoms with Gasteiger partial charge in [0.25, 0.3) is 0 Å². The minimum Gasteiger partial charge on any atom is -0.473 e. The molecule has 4 rings (SSSR count).